The maximum absolute atomic E-state index is 5.45. The Balaban J connectivity index is 0.000000106. The summed E-state index contributed by atoms with van der Waals surface area (Å²) in [6.45, 7) is 2.16. The molecule has 0 radical (unpaired) electrons. The van der Waals surface area contributed by atoms with Gasteiger partial charge in [-0.25, -0.2) is 15.0 Å². The molecule has 27 rings (SSSR count). The van der Waals surface area contributed by atoms with Crippen LogP contribution in [0.4, 0.5) is 0 Å². The van der Waals surface area contributed by atoms with Crippen molar-refractivity contribution in [3.63, 3.8) is 0 Å². The Morgan fingerprint density at radius 2 is 0.408 bits per heavy atom. The van der Waals surface area contributed by atoms with E-state index in [0.29, 0.717) is 0 Å². The molecule has 0 bridgehead atoms. The summed E-state index contributed by atoms with van der Waals surface area (Å²) < 4.78 is 7.16. The summed E-state index contributed by atoms with van der Waals surface area (Å²) in [4.78, 5) is 15.9. The summed E-state index contributed by atoms with van der Waals surface area (Å²) in [5.74, 6) is 0. The van der Waals surface area contributed by atoms with E-state index in [9.17, 15) is 0 Å². The predicted molar refractivity (Wildman–Crippen MR) is 551 cm³/mol. The van der Waals surface area contributed by atoms with Crippen LogP contribution in [0.3, 0.4) is 0 Å². The fraction of sp³-hybridized carbons (Fsp3) is 0.00806. The van der Waals surface area contributed by atoms with E-state index in [4.69, 9.17) is 15.0 Å². The highest BCUT2D eigenvalue weighted by Crippen LogP contribution is 2.45. The lowest BCUT2D eigenvalue weighted by atomic mass is 9.96. The Morgan fingerprint density at radius 3 is 0.785 bits per heavy atom. The second-order valence-electron chi connectivity index (χ2n) is 34.0. The first-order valence-electron chi connectivity index (χ1n) is 44.6. The molecular formula is C124H80N6. The van der Waals surface area contributed by atoms with Gasteiger partial charge in [0, 0.05) is 92.7 Å². The quantitative estimate of drug-likeness (QED) is 0.135. The highest BCUT2D eigenvalue weighted by Gasteiger charge is 2.23. The van der Waals surface area contributed by atoms with E-state index in [-0.39, 0.29) is 0 Å². The van der Waals surface area contributed by atoms with Crippen molar-refractivity contribution in [2.75, 3.05) is 0 Å². The van der Waals surface area contributed by atoms with Gasteiger partial charge < -0.3 is 13.7 Å². The van der Waals surface area contributed by atoms with Crippen LogP contribution in [0, 0.1) is 6.92 Å². The molecule has 21 aromatic carbocycles. The van der Waals surface area contributed by atoms with Crippen LogP contribution in [0.1, 0.15) is 5.56 Å². The van der Waals surface area contributed by atoms with E-state index in [1.54, 1.807) is 0 Å². The number of aromatic nitrogens is 6. The average molecular weight is 1650 g/mol. The molecule has 0 aliphatic heterocycles. The average Bonchev–Trinajstić information content (AvgIpc) is 1.62. The third-order valence-electron chi connectivity index (χ3n) is 26.6. The van der Waals surface area contributed by atoms with Crippen molar-refractivity contribution in [1.29, 1.82) is 0 Å². The van der Waals surface area contributed by atoms with Crippen LogP contribution >= 0.6 is 0 Å². The lowest BCUT2D eigenvalue weighted by Gasteiger charge is -2.15. The van der Waals surface area contributed by atoms with Gasteiger partial charge in [-0.2, -0.15) is 0 Å². The smallest absolute Gasteiger partial charge is 0.0794 e. The fourth-order valence-corrected chi connectivity index (χ4v) is 20.5. The van der Waals surface area contributed by atoms with Gasteiger partial charge in [0.1, 0.15) is 0 Å². The van der Waals surface area contributed by atoms with Gasteiger partial charge >= 0.3 is 0 Å². The second kappa shape index (κ2) is 31.2. The van der Waals surface area contributed by atoms with Crippen molar-refractivity contribution < 1.29 is 0 Å². The number of rotatable bonds is 9. The van der Waals surface area contributed by atoms with Gasteiger partial charge in [-0.3, -0.25) is 0 Å². The third-order valence-corrected chi connectivity index (χ3v) is 26.6. The van der Waals surface area contributed by atoms with Gasteiger partial charge in [0.2, 0.25) is 0 Å². The van der Waals surface area contributed by atoms with Crippen molar-refractivity contribution in [3.05, 3.63) is 473 Å². The zero-order valence-corrected chi connectivity index (χ0v) is 71.1. The summed E-state index contributed by atoms with van der Waals surface area (Å²) in [5, 5.41) is 25.9. The molecule has 0 N–H and O–H groups in total. The normalized spacial score (nSPS) is 11.7. The highest BCUT2D eigenvalue weighted by atomic mass is 15.0. The molecule has 130 heavy (non-hydrogen) atoms. The van der Waals surface area contributed by atoms with E-state index in [1.165, 1.54) is 185 Å². The lowest BCUT2D eigenvalue weighted by molar-refractivity contribution is 1.18. The number of hydrogen-bond donors (Lipinski definition) is 0. The number of benzene rings is 21. The van der Waals surface area contributed by atoms with Gasteiger partial charge in [0.15, 0.2) is 0 Å². The van der Waals surface area contributed by atoms with Crippen LogP contribution in [-0.4, -0.2) is 28.7 Å². The molecule has 0 unspecified atom stereocenters. The Hall–Kier alpha value is -17.2. The first-order valence-corrected chi connectivity index (χ1v) is 44.6. The molecule has 6 nitrogen and oxygen atoms in total. The van der Waals surface area contributed by atoms with Crippen molar-refractivity contribution in [3.8, 4) is 84.2 Å². The molecule has 0 amide bonds. The minimum absolute atomic E-state index is 0.959. The molecule has 0 saturated carbocycles. The molecular weight excluding hydrogens is 1570 g/mol. The largest absolute Gasteiger partial charge is 0.309 e. The molecule has 27 aromatic rings. The van der Waals surface area contributed by atoms with Crippen molar-refractivity contribution >= 4 is 163 Å². The standard InChI is InChI=1S/C47H30N2.C41H26N2.C36H24N2/c1-3-13-31(14-4-1)33-23-27-45-41(29-33)42-30-34(32-15-5-2-6-16-32)24-28-46(42)49(45)44-22-12-11-21-40(44)43-26-25-39-37-19-8-7-17-35(37)36-18-9-10-20-38(36)47(39)48-43;1-2-10-27(11-3-1)29-20-25-40-37(26-29)34-15-8-9-17-39(34)43(40)30-21-18-28(19-22-30)38-24-23-36-33-14-5-4-12-31(33)32-13-6-7-16-35(32)41(36)42-38;1-23-14-21-35-32(22-23)29-11-6-7-13-34(29)38(35)25-17-15-24(16-18-25)33-20-19-31-28-10-3-2-8-26(28)27-9-4-5-12-30(27)36(31)37-33/h1-30H;1-26H;2-22H,1H3. The predicted octanol–water partition coefficient (Wildman–Crippen LogP) is 33.2. The lowest BCUT2D eigenvalue weighted by Crippen LogP contribution is -1.98. The second-order valence-corrected chi connectivity index (χ2v) is 34.0. The van der Waals surface area contributed by atoms with E-state index in [2.05, 4.69) is 488 Å². The maximum atomic E-state index is 5.45. The molecule has 606 valence electrons. The van der Waals surface area contributed by atoms with E-state index < -0.39 is 0 Å². The highest BCUT2D eigenvalue weighted by molar-refractivity contribution is 6.27. The van der Waals surface area contributed by atoms with Gasteiger partial charge in [0.25, 0.3) is 0 Å². The molecule has 0 fully saturated rings. The Bertz CT molecular complexity index is 9020. The molecule has 0 spiro atoms. The van der Waals surface area contributed by atoms with Crippen LogP contribution in [-0.2, 0) is 0 Å². The first kappa shape index (κ1) is 75.3. The maximum Gasteiger partial charge on any atom is 0.0794 e. The first-order chi connectivity index (χ1) is 64.4. The summed E-state index contributed by atoms with van der Waals surface area (Å²) in [7, 11) is 0. The van der Waals surface area contributed by atoms with E-state index in [0.717, 1.165) is 67.4 Å². The van der Waals surface area contributed by atoms with Crippen LogP contribution in [0.5, 0.6) is 0 Å². The molecule has 0 saturated heterocycles. The number of pyridine rings is 3. The minimum atomic E-state index is 0.959. The zero-order chi connectivity index (χ0) is 85.9. The number of aryl methyl sites for hydroxylation is 1. The Labute approximate surface area is 750 Å². The number of fused-ring (bicyclic) bond motifs is 27. The number of nitrogens with zero attached hydrogens (tertiary/aromatic N) is 6. The molecule has 0 aliphatic rings. The van der Waals surface area contributed by atoms with Crippen molar-refractivity contribution in [2.24, 2.45) is 0 Å². The van der Waals surface area contributed by atoms with E-state index >= 15 is 0 Å². The summed E-state index contributed by atoms with van der Waals surface area (Å²) in [5.41, 5.74) is 28.6. The molecule has 6 heterocycles. The Kier molecular flexibility index (Phi) is 18.1. The number of hydrogen-bond acceptors (Lipinski definition) is 3. The van der Waals surface area contributed by atoms with Crippen LogP contribution < -0.4 is 0 Å². The molecule has 6 heteroatoms. The summed E-state index contributed by atoms with van der Waals surface area (Å²) in [6, 6.07) is 168. The SMILES string of the molecule is Cc1ccc2c(c1)c1ccccc1n2-c1ccc(-c2ccc3c4ccccc4c4ccccc4c3n2)cc1.c1ccc(-c2ccc3c(c2)c2cc(-c4ccccc4)ccc2n3-c2ccccc2-c2ccc3c4ccccc4c4ccccc4c3n2)cc1.c1ccc(-c2ccc3c(c2)c2ccccc2n3-c2ccc(-c3ccc4c5ccccc5c5ccccc5c4n3)cc2)cc1. The molecule has 6 aromatic heterocycles. The summed E-state index contributed by atoms with van der Waals surface area (Å²) in [6.07, 6.45) is 0. The number of para-hydroxylation sites is 3. The van der Waals surface area contributed by atoms with Gasteiger partial charge in [-0.05, 0) is 216 Å². The van der Waals surface area contributed by atoms with Crippen LogP contribution in [0.15, 0.2) is 467 Å². The van der Waals surface area contributed by atoms with Gasteiger partial charge in [-0.15, -0.1) is 0 Å². The zero-order valence-electron chi connectivity index (χ0n) is 71.1. The van der Waals surface area contributed by atoms with Gasteiger partial charge in [-0.1, -0.05) is 345 Å². The van der Waals surface area contributed by atoms with Crippen LogP contribution in [0.2, 0.25) is 0 Å². The molecule has 0 aliphatic carbocycles. The minimum Gasteiger partial charge on any atom is -0.309 e. The monoisotopic (exact) mass is 1650 g/mol. The Morgan fingerprint density at radius 1 is 0.154 bits per heavy atom. The fourth-order valence-electron chi connectivity index (χ4n) is 20.5. The summed E-state index contributed by atoms with van der Waals surface area (Å²) >= 11 is 0. The third kappa shape index (κ3) is 12.7. The van der Waals surface area contributed by atoms with E-state index in [1.807, 2.05) is 0 Å². The van der Waals surface area contributed by atoms with Crippen molar-refractivity contribution in [2.45, 2.75) is 6.92 Å². The van der Waals surface area contributed by atoms with Gasteiger partial charge in [0.05, 0.1) is 72.4 Å². The van der Waals surface area contributed by atoms with Crippen LogP contribution in [0.25, 0.3) is 247 Å². The van der Waals surface area contributed by atoms with Crippen molar-refractivity contribution in [1.82, 2.24) is 28.7 Å². The molecule has 0 atom stereocenters. The topological polar surface area (TPSA) is 53.5 Å².